The Morgan fingerprint density at radius 3 is 2.61 bits per heavy atom. The highest BCUT2D eigenvalue weighted by Gasteiger charge is 2.41. The minimum Gasteiger partial charge on any atom is -0.494 e. The topological polar surface area (TPSA) is 105 Å². The molecule has 0 radical (unpaired) electrons. The van der Waals surface area contributed by atoms with E-state index in [1.807, 2.05) is 18.2 Å². The number of carboxylic acids is 1. The van der Waals surface area contributed by atoms with Crippen molar-refractivity contribution < 1.29 is 37.7 Å². The quantitative estimate of drug-likeness (QED) is 0.573. The zero-order valence-electron chi connectivity index (χ0n) is 15.1. The van der Waals surface area contributed by atoms with E-state index in [-0.39, 0.29) is 19.4 Å². The minimum atomic E-state index is -3.05. The molecule has 0 bridgehead atoms. The largest absolute Gasteiger partial charge is 0.494 e. The summed E-state index contributed by atoms with van der Waals surface area (Å²) in [5.74, 6) is -1.68. The molecule has 10 heteroatoms. The second kappa shape index (κ2) is 10.5. The van der Waals surface area contributed by atoms with Crippen molar-refractivity contribution >= 4 is 17.8 Å². The van der Waals surface area contributed by atoms with E-state index in [9.17, 15) is 23.2 Å². The minimum absolute atomic E-state index is 0.125. The van der Waals surface area contributed by atoms with Crippen molar-refractivity contribution in [3.63, 3.8) is 0 Å². The summed E-state index contributed by atoms with van der Waals surface area (Å²) in [7, 11) is 0. The standard InChI is InChI=1S/C18H22F2N2O6/c19-18(20)28-13-9-14(17(25)26)22(11-13)16(24)10-21-15(23)7-4-8-27-12-5-2-1-3-6-12/h1-3,5-6,13-14,18H,4,7-11H2,(H,21,23)(H,25,26). The molecule has 1 saturated heterocycles. The lowest BCUT2D eigenvalue weighted by molar-refractivity contribution is -0.160. The molecule has 0 aromatic heterocycles. The van der Waals surface area contributed by atoms with Crippen molar-refractivity contribution in [2.24, 2.45) is 0 Å². The number of hydrogen-bond donors (Lipinski definition) is 2. The summed E-state index contributed by atoms with van der Waals surface area (Å²) < 4.78 is 34.4. The van der Waals surface area contributed by atoms with E-state index in [1.54, 1.807) is 12.1 Å². The van der Waals surface area contributed by atoms with Crippen LogP contribution in [0.4, 0.5) is 8.78 Å². The number of rotatable bonds is 10. The molecule has 2 rings (SSSR count). The molecule has 0 saturated carbocycles. The van der Waals surface area contributed by atoms with Gasteiger partial charge >= 0.3 is 12.6 Å². The Hall–Kier alpha value is -2.75. The molecule has 28 heavy (non-hydrogen) atoms. The molecule has 1 aromatic carbocycles. The third-order valence-electron chi connectivity index (χ3n) is 4.16. The van der Waals surface area contributed by atoms with Gasteiger partial charge in [0.05, 0.1) is 19.3 Å². The van der Waals surface area contributed by atoms with Crippen molar-refractivity contribution in [3.05, 3.63) is 30.3 Å². The third-order valence-corrected chi connectivity index (χ3v) is 4.16. The van der Waals surface area contributed by atoms with Crippen LogP contribution in [0.2, 0.25) is 0 Å². The van der Waals surface area contributed by atoms with Gasteiger partial charge in [-0.3, -0.25) is 9.59 Å². The summed E-state index contributed by atoms with van der Waals surface area (Å²) in [6.45, 7) is -3.40. The second-order valence-electron chi connectivity index (χ2n) is 6.20. The van der Waals surface area contributed by atoms with Crippen LogP contribution in [0, 0.1) is 0 Å². The van der Waals surface area contributed by atoms with Crippen molar-refractivity contribution in [1.29, 1.82) is 0 Å². The predicted octanol–water partition coefficient (Wildman–Crippen LogP) is 1.26. The third kappa shape index (κ3) is 6.76. The van der Waals surface area contributed by atoms with Gasteiger partial charge in [-0.25, -0.2) is 4.79 Å². The predicted molar refractivity (Wildman–Crippen MR) is 92.8 cm³/mol. The maximum Gasteiger partial charge on any atom is 0.345 e. The van der Waals surface area contributed by atoms with Gasteiger partial charge in [-0.15, -0.1) is 0 Å². The molecule has 2 amide bonds. The Balaban J connectivity index is 1.71. The number of benzene rings is 1. The Labute approximate surface area is 160 Å². The Bertz CT molecular complexity index is 673. The molecule has 1 aliphatic heterocycles. The summed E-state index contributed by atoms with van der Waals surface area (Å²) in [4.78, 5) is 36.2. The van der Waals surface area contributed by atoms with Gasteiger partial charge in [0.2, 0.25) is 11.8 Å². The van der Waals surface area contributed by atoms with Gasteiger partial charge in [0.15, 0.2) is 0 Å². The molecular formula is C18H22F2N2O6. The van der Waals surface area contributed by atoms with E-state index >= 15 is 0 Å². The van der Waals surface area contributed by atoms with Gasteiger partial charge in [-0.2, -0.15) is 8.78 Å². The summed E-state index contributed by atoms with van der Waals surface area (Å²) >= 11 is 0. The van der Waals surface area contributed by atoms with Crippen LogP contribution in [0.15, 0.2) is 30.3 Å². The molecule has 2 unspecified atom stereocenters. The number of halogens is 2. The van der Waals surface area contributed by atoms with Crippen LogP contribution in [0.3, 0.4) is 0 Å². The average molecular weight is 400 g/mol. The van der Waals surface area contributed by atoms with Gasteiger partial charge in [-0.05, 0) is 18.6 Å². The van der Waals surface area contributed by atoms with Crippen LogP contribution in [0.1, 0.15) is 19.3 Å². The number of likely N-dealkylation sites (tertiary alicyclic amines) is 1. The van der Waals surface area contributed by atoms with E-state index in [2.05, 4.69) is 10.1 Å². The molecule has 0 aliphatic carbocycles. The van der Waals surface area contributed by atoms with Crippen molar-refractivity contribution in [2.45, 2.75) is 38.0 Å². The lowest BCUT2D eigenvalue weighted by Gasteiger charge is -2.21. The van der Waals surface area contributed by atoms with E-state index in [0.29, 0.717) is 18.8 Å². The Morgan fingerprint density at radius 1 is 1.25 bits per heavy atom. The second-order valence-corrected chi connectivity index (χ2v) is 6.20. The number of alkyl halides is 2. The lowest BCUT2D eigenvalue weighted by atomic mass is 10.2. The number of nitrogens with zero attached hydrogens (tertiary/aromatic N) is 1. The molecule has 154 valence electrons. The number of nitrogens with one attached hydrogen (secondary N) is 1. The maximum absolute atomic E-state index is 12.3. The van der Waals surface area contributed by atoms with Crippen LogP contribution in [-0.2, 0) is 19.1 Å². The van der Waals surface area contributed by atoms with Crippen LogP contribution >= 0.6 is 0 Å². The summed E-state index contributed by atoms with van der Waals surface area (Å²) in [6.07, 6.45) is -0.730. The Kier molecular flexibility index (Phi) is 8.12. The molecule has 0 spiro atoms. The fraction of sp³-hybridized carbons (Fsp3) is 0.500. The van der Waals surface area contributed by atoms with Crippen LogP contribution < -0.4 is 10.1 Å². The number of aliphatic carboxylic acids is 1. The van der Waals surface area contributed by atoms with Gasteiger partial charge in [0.25, 0.3) is 0 Å². The van der Waals surface area contributed by atoms with Crippen molar-refractivity contribution in [3.8, 4) is 5.75 Å². The normalized spacial score (nSPS) is 18.9. The number of ether oxygens (including phenoxy) is 2. The maximum atomic E-state index is 12.3. The number of hydrogen-bond acceptors (Lipinski definition) is 5. The highest BCUT2D eigenvalue weighted by atomic mass is 19.3. The molecule has 2 atom stereocenters. The fourth-order valence-corrected chi connectivity index (χ4v) is 2.85. The van der Waals surface area contributed by atoms with Crippen LogP contribution in [-0.4, -0.2) is 66.2 Å². The molecule has 1 fully saturated rings. The Morgan fingerprint density at radius 2 is 1.96 bits per heavy atom. The highest BCUT2D eigenvalue weighted by Crippen LogP contribution is 2.22. The first-order valence-electron chi connectivity index (χ1n) is 8.77. The first kappa shape index (κ1) is 21.5. The lowest BCUT2D eigenvalue weighted by Crippen LogP contribution is -2.45. The highest BCUT2D eigenvalue weighted by molar-refractivity contribution is 5.88. The monoisotopic (exact) mass is 400 g/mol. The van der Waals surface area contributed by atoms with E-state index < -0.39 is 43.1 Å². The first-order chi connectivity index (χ1) is 13.4. The van der Waals surface area contributed by atoms with E-state index in [0.717, 1.165) is 4.90 Å². The number of carbonyl (C=O) groups is 3. The molecule has 8 nitrogen and oxygen atoms in total. The number of carbonyl (C=O) groups excluding carboxylic acids is 2. The summed E-state index contributed by atoms with van der Waals surface area (Å²) in [6, 6.07) is 7.83. The van der Waals surface area contributed by atoms with Crippen LogP contribution in [0.5, 0.6) is 5.75 Å². The number of para-hydroxylation sites is 1. The molecular weight excluding hydrogens is 378 g/mol. The van der Waals surface area contributed by atoms with Gasteiger partial charge in [0, 0.05) is 19.4 Å². The molecule has 2 N–H and O–H groups in total. The van der Waals surface area contributed by atoms with E-state index in [1.165, 1.54) is 0 Å². The first-order valence-corrected chi connectivity index (χ1v) is 8.77. The van der Waals surface area contributed by atoms with E-state index in [4.69, 9.17) is 9.84 Å². The number of amides is 2. The molecule has 1 heterocycles. The zero-order valence-corrected chi connectivity index (χ0v) is 15.1. The van der Waals surface area contributed by atoms with Gasteiger partial charge in [-0.1, -0.05) is 18.2 Å². The molecule has 1 aliphatic rings. The van der Waals surface area contributed by atoms with Gasteiger partial charge in [0.1, 0.15) is 11.8 Å². The SMILES string of the molecule is O=C(CCCOc1ccccc1)NCC(=O)N1CC(OC(F)F)CC1C(=O)O. The smallest absolute Gasteiger partial charge is 0.345 e. The summed E-state index contributed by atoms with van der Waals surface area (Å²) in [5, 5.41) is 11.6. The van der Waals surface area contributed by atoms with Gasteiger partial charge < -0.3 is 24.8 Å². The summed E-state index contributed by atoms with van der Waals surface area (Å²) in [5.41, 5.74) is 0. The molecule has 1 aromatic rings. The van der Waals surface area contributed by atoms with Crippen LogP contribution in [0.25, 0.3) is 0 Å². The average Bonchev–Trinajstić information content (AvgIpc) is 3.07. The van der Waals surface area contributed by atoms with Crippen molar-refractivity contribution in [2.75, 3.05) is 19.7 Å². The fourth-order valence-electron chi connectivity index (χ4n) is 2.85. The van der Waals surface area contributed by atoms with Crippen molar-refractivity contribution in [1.82, 2.24) is 10.2 Å². The zero-order chi connectivity index (χ0) is 20.5. The number of carboxylic acid groups (broad SMARTS) is 1.